The van der Waals surface area contributed by atoms with Crippen molar-refractivity contribution in [1.29, 1.82) is 0 Å². The average Bonchev–Trinajstić information content (AvgIpc) is 2.94. The molecule has 1 N–H and O–H groups in total. The number of hydrogen-bond donors (Lipinski definition) is 1. The number of hydrogen-bond acceptors (Lipinski definition) is 4. The van der Waals surface area contributed by atoms with Gasteiger partial charge in [0, 0.05) is 42.5 Å². The molecule has 0 aliphatic heterocycles. The number of carbonyl (C=O) groups excluding carboxylic acids is 2. The minimum Gasteiger partial charge on any atom is -0.354 e. The van der Waals surface area contributed by atoms with E-state index in [1.54, 1.807) is 29.2 Å². The summed E-state index contributed by atoms with van der Waals surface area (Å²) >= 11 is 12.7. The van der Waals surface area contributed by atoms with Gasteiger partial charge in [-0.25, -0.2) is 8.42 Å². The number of nitrogens with one attached hydrogen (secondary N) is 1. The van der Waals surface area contributed by atoms with Crippen LogP contribution in [0.3, 0.4) is 0 Å². The zero-order valence-corrected chi connectivity index (χ0v) is 27.8. The first-order valence-corrected chi connectivity index (χ1v) is 17.0. The number of amides is 2. The van der Waals surface area contributed by atoms with Crippen molar-refractivity contribution in [3.63, 3.8) is 0 Å². The SMILES string of the molecule is Cc1cccc(N(CCCC(=O)N(Cc2ccc(Cl)cc2Cl)C(Cc2ccccc2)C(=O)NCC(C)C)S(C)(=O)=O)c1C. The number of sulfonamides is 1. The lowest BCUT2D eigenvalue weighted by Crippen LogP contribution is -2.51. The summed E-state index contributed by atoms with van der Waals surface area (Å²) in [5.74, 6) is -0.312. The van der Waals surface area contributed by atoms with Crippen LogP contribution >= 0.6 is 23.2 Å². The third-order valence-electron chi connectivity index (χ3n) is 7.31. The highest BCUT2D eigenvalue weighted by Crippen LogP contribution is 2.27. The molecule has 2 amide bonds. The fourth-order valence-corrected chi connectivity index (χ4v) is 6.28. The summed E-state index contributed by atoms with van der Waals surface area (Å²) in [5.41, 5.74) is 4.00. The van der Waals surface area contributed by atoms with Crippen molar-refractivity contribution in [3.8, 4) is 0 Å². The van der Waals surface area contributed by atoms with Crippen molar-refractivity contribution in [2.45, 2.75) is 59.5 Å². The molecule has 232 valence electrons. The smallest absolute Gasteiger partial charge is 0.243 e. The number of benzene rings is 3. The first-order chi connectivity index (χ1) is 20.3. The second-order valence-corrected chi connectivity index (χ2v) is 14.0. The van der Waals surface area contributed by atoms with E-state index in [2.05, 4.69) is 5.32 Å². The monoisotopic (exact) mass is 645 g/mol. The number of nitrogens with zero attached hydrogens (tertiary/aromatic N) is 2. The van der Waals surface area contributed by atoms with E-state index in [4.69, 9.17) is 23.2 Å². The van der Waals surface area contributed by atoms with Crippen molar-refractivity contribution in [3.05, 3.63) is 99.0 Å². The van der Waals surface area contributed by atoms with Gasteiger partial charge in [-0.05, 0) is 66.6 Å². The van der Waals surface area contributed by atoms with Gasteiger partial charge < -0.3 is 10.2 Å². The highest BCUT2D eigenvalue weighted by Gasteiger charge is 2.31. The van der Waals surface area contributed by atoms with Crippen LogP contribution in [0.25, 0.3) is 0 Å². The van der Waals surface area contributed by atoms with Crippen molar-refractivity contribution in [2.24, 2.45) is 5.92 Å². The Morgan fingerprint density at radius 1 is 0.953 bits per heavy atom. The highest BCUT2D eigenvalue weighted by atomic mass is 35.5. The molecule has 7 nitrogen and oxygen atoms in total. The first kappa shape index (κ1) is 34.4. The lowest BCUT2D eigenvalue weighted by atomic mass is 10.0. The Kier molecular flexibility index (Phi) is 12.5. The van der Waals surface area contributed by atoms with Gasteiger partial charge in [0.05, 0.1) is 11.9 Å². The van der Waals surface area contributed by atoms with Crippen molar-refractivity contribution in [1.82, 2.24) is 10.2 Å². The fraction of sp³-hybridized carbons (Fsp3) is 0.394. The van der Waals surface area contributed by atoms with E-state index in [1.165, 1.54) is 10.6 Å². The number of aryl methyl sites for hydroxylation is 1. The number of halogens is 2. The first-order valence-electron chi connectivity index (χ1n) is 14.4. The molecule has 1 unspecified atom stereocenters. The Morgan fingerprint density at radius 2 is 1.65 bits per heavy atom. The number of anilines is 1. The van der Waals surface area contributed by atoms with Crippen LogP contribution < -0.4 is 9.62 Å². The zero-order valence-electron chi connectivity index (χ0n) is 25.4. The summed E-state index contributed by atoms with van der Waals surface area (Å²) < 4.78 is 26.9. The summed E-state index contributed by atoms with van der Waals surface area (Å²) in [5, 5.41) is 3.86. The van der Waals surface area contributed by atoms with Gasteiger partial charge >= 0.3 is 0 Å². The Hall–Kier alpha value is -3.07. The zero-order chi connectivity index (χ0) is 31.7. The van der Waals surface area contributed by atoms with E-state index >= 15 is 0 Å². The Balaban J connectivity index is 1.93. The Bertz CT molecular complexity index is 1510. The lowest BCUT2D eigenvalue weighted by Gasteiger charge is -2.32. The van der Waals surface area contributed by atoms with Gasteiger partial charge in [-0.15, -0.1) is 0 Å². The standard InChI is InChI=1S/C33H41Cl2N3O4S/c1-23(2)21-36-33(40)31(19-26-12-7-6-8-13-26)37(22-27-16-17-28(34)20-29(27)35)32(39)15-10-18-38(43(5,41)42)30-14-9-11-24(3)25(30)4/h6-9,11-14,16-17,20,23,31H,10,15,18-19,21-22H2,1-5H3,(H,36,40). The number of carbonyl (C=O) groups is 2. The van der Waals surface area contributed by atoms with E-state index in [0.29, 0.717) is 34.3 Å². The van der Waals surface area contributed by atoms with E-state index in [9.17, 15) is 18.0 Å². The Labute approximate surface area is 266 Å². The molecule has 0 aliphatic carbocycles. The predicted molar refractivity (Wildman–Crippen MR) is 176 cm³/mol. The molecule has 0 saturated carbocycles. The van der Waals surface area contributed by atoms with Crippen LogP contribution in [0.1, 0.15) is 48.9 Å². The van der Waals surface area contributed by atoms with Crippen LogP contribution in [0.5, 0.6) is 0 Å². The van der Waals surface area contributed by atoms with E-state index in [1.807, 2.05) is 70.2 Å². The van der Waals surface area contributed by atoms with Crippen LogP contribution in [0.15, 0.2) is 66.7 Å². The van der Waals surface area contributed by atoms with Gasteiger partial charge in [0.2, 0.25) is 21.8 Å². The molecule has 3 aromatic carbocycles. The lowest BCUT2D eigenvalue weighted by molar-refractivity contribution is -0.141. The molecule has 0 fully saturated rings. The van der Waals surface area contributed by atoms with Gasteiger partial charge in [0.1, 0.15) is 6.04 Å². The average molecular weight is 647 g/mol. The van der Waals surface area contributed by atoms with Gasteiger partial charge in [-0.2, -0.15) is 0 Å². The van der Waals surface area contributed by atoms with Crippen LogP contribution in [-0.2, 0) is 32.6 Å². The minimum absolute atomic E-state index is 0.0326. The summed E-state index contributed by atoms with van der Waals surface area (Å²) in [6.07, 6.45) is 1.76. The molecule has 43 heavy (non-hydrogen) atoms. The van der Waals surface area contributed by atoms with Crippen molar-refractivity contribution in [2.75, 3.05) is 23.7 Å². The molecule has 0 spiro atoms. The van der Waals surface area contributed by atoms with Gasteiger partial charge in [-0.3, -0.25) is 13.9 Å². The molecule has 3 aromatic rings. The van der Waals surface area contributed by atoms with Crippen LogP contribution in [0.2, 0.25) is 10.0 Å². The van der Waals surface area contributed by atoms with Gasteiger partial charge in [0.15, 0.2) is 0 Å². The maximum Gasteiger partial charge on any atom is 0.243 e. The maximum atomic E-state index is 14.0. The van der Waals surface area contributed by atoms with Crippen LogP contribution in [0, 0.1) is 19.8 Å². The third-order valence-corrected chi connectivity index (χ3v) is 9.08. The molecule has 0 heterocycles. The number of rotatable bonds is 14. The quantitative estimate of drug-likeness (QED) is 0.215. The highest BCUT2D eigenvalue weighted by molar-refractivity contribution is 7.92. The molecule has 3 rings (SSSR count). The molecule has 0 saturated heterocycles. The van der Waals surface area contributed by atoms with Crippen molar-refractivity contribution >= 4 is 50.7 Å². The molecule has 0 bridgehead atoms. The Morgan fingerprint density at radius 3 is 2.28 bits per heavy atom. The minimum atomic E-state index is -3.61. The van der Waals surface area contributed by atoms with E-state index < -0.39 is 16.1 Å². The van der Waals surface area contributed by atoms with Crippen LogP contribution in [-0.4, -0.2) is 50.5 Å². The summed E-state index contributed by atoms with van der Waals surface area (Å²) in [6.45, 7) is 8.50. The molecule has 0 radical (unpaired) electrons. The molecular weight excluding hydrogens is 605 g/mol. The molecule has 10 heteroatoms. The van der Waals surface area contributed by atoms with Crippen molar-refractivity contribution < 1.29 is 18.0 Å². The summed E-state index contributed by atoms with van der Waals surface area (Å²) in [6, 6.07) is 19.3. The normalized spacial score (nSPS) is 12.2. The molecule has 1 atom stereocenters. The second kappa shape index (κ2) is 15.6. The fourth-order valence-electron chi connectivity index (χ4n) is 4.80. The third kappa shape index (κ3) is 9.98. The molecular formula is C33H41Cl2N3O4S. The molecule has 0 aliphatic rings. The van der Waals surface area contributed by atoms with E-state index in [0.717, 1.165) is 16.7 Å². The molecule has 0 aromatic heterocycles. The largest absolute Gasteiger partial charge is 0.354 e. The predicted octanol–water partition coefficient (Wildman–Crippen LogP) is 6.57. The second-order valence-electron chi connectivity index (χ2n) is 11.3. The summed E-state index contributed by atoms with van der Waals surface area (Å²) in [4.78, 5) is 29.2. The van der Waals surface area contributed by atoms with E-state index in [-0.39, 0.29) is 43.7 Å². The van der Waals surface area contributed by atoms with Crippen LogP contribution in [0.4, 0.5) is 5.69 Å². The topological polar surface area (TPSA) is 86.8 Å². The summed E-state index contributed by atoms with van der Waals surface area (Å²) in [7, 11) is -3.61. The maximum absolute atomic E-state index is 14.0. The van der Waals surface area contributed by atoms with Gasteiger partial charge in [-0.1, -0.05) is 85.6 Å². The van der Waals surface area contributed by atoms with Gasteiger partial charge in [0.25, 0.3) is 0 Å².